The lowest BCUT2D eigenvalue weighted by Crippen LogP contribution is -2.39. The minimum Gasteiger partial charge on any atom is -0.395 e. The van der Waals surface area contributed by atoms with Crippen molar-refractivity contribution >= 4 is 6.03 Å². The van der Waals surface area contributed by atoms with Crippen LogP contribution in [0.2, 0.25) is 0 Å². The van der Waals surface area contributed by atoms with Crippen LogP contribution in [0.5, 0.6) is 0 Å². The number of aliphatic hydroxyl groups excluding tert-OH is 1. The molecule has 1 aromatic carbocycles. The number of rotatable bonds is 4. The molecule has 4 heteroatoms. The number of benzene rings is 1. The highest BCUT2D eigenvalue weighted by Gasteiger charge is 2.13. The van der Waals surface area contributed by atoms with Gasteiger partial charge in [-0.15, -0.1) is 0 Å². The van der Waals surface area contributed by atoms with Gasteiger partial charge in [0.05, 0.1) is 12.6 Å². The number of carbonyl (C=O) groups excluding carboxylic acids is 1. The molecule has 0 saturated carbocycles. The summed E-state index contributed by atoms with van der Waals surface area (Å²) in [5.41, 5.74) is 3.47. The van der Waals surface area contributed by atoms with Gasteiger partial charge in [0.1, 0.15) is 0 Å². The molecule has 100 valence electrons. The molecule has 4 nitrogen and oxygen atoms in total. The summed E-state index contributed by atoms with van der Waals surface area (Å²) >= 11 is 0. The van der Waals surface area contributed by atoms with Crippen LogP contribution in [0.15, 0.2) is 18.2 Å². The van der Waals surface area contributed by atoms with E-state index >= 15 is 0 Å². The Morgan fingerprint density at radius 3 is 2.39 bits per heavy atom. The van der Waals surface area contributed by atoms with Crippen LogP contribution in [0.25, 0.3) is 0 Å². The minimum atomic E-state index is -0.171. The zero-order valence-electron chi connectivity index (χ0n) is 11.5. The first-order valence-corrected chi connectivity index (χ1v) is 6.14. The largest absolute Gasteiger partial charge is 0.395 e. The maximum absolute atomic E-state index is 11.8. The number of carbonyl (C=O) groups is 1. The van der Waals surface area contributed by atoms with E-state index in [-0.39, 0.29) is 18.7 Å². The molecular weight excluding hydrogens is 228 g/mol. The van der Waals surface area contributed by atoms with Gasteiger partial charge in [-0.2, -0.15) is 0 Å². The maximum Gasteiger partial charge on any atom is 0.317 e. The standard InChI is InChI=1S/C14H22N2O2/c1-10-7-11(2)9-13(8-10)12(3)15-14(18)16(4)5-6-17/h7-9,12,17H,5-6H2,1-4H3,(H,15,18). The van der Waals surface area contributed by atoms with Crippen LogP contribution < -0.4 is 5.32 Å². The molecule has 1 aromatic rings. The summed E-state index contributed by atoms with van der Waals surface area (Å²) in [6.07, 6.45) is 0. The first kappa shape index (κ1) is 14.5. The van der Waals surface area contributed by atoms with E-state index in [4.69, 9.17) is 5.11 Å². The topological polar surface area (TPSA) is 52.6 Å². The van der Waals surface area contributed by atoms with Crippen LogP contribution in [0.1, 0.15) is 29.7 Å². The van der Waals surface area contributed by atoms with Crippen molar-refractivity contribution in [1.29, 1.82) is 0 Å². The number of aryl methyl sites for hydroxylation is 2. The molecule has 0 aliphatic rings. The molecule has 0 aromatic heterocycles. The van der Waals surface area contributed by atoms with E-state index in [0.29, 0.717) is 6.54 Å². The van der Waals surface area contributed by atoms with Gasteiger partial charge in [-0.3, -0.25) is 0 Å². The summed E-state index contributed by atoms with van der Waals surface area (Å²) in [5, 5.41) is 11.7. The molecule has 1 rings (SSSR count). The van der Waals surface area contributed by atoms with Gasteiger partial charge in [-0.25, -0.2) is 4.79 Å². The number of nitrogens with zero attached hydrogens (tertiary/aromatic N) is 1. The van der Waals surface area contributed by atoms with Crippen molar-refractivity contribution in [2.24, 2.45) is 0 Å². The molecule has 0 aliphatic carbocycles. The summed E-state index contributed by atoms with van der Waals surface area (Å²) < 4.78 is 0. The van der Waals surface area contributed by atoms with Crippen molar-refractivity contribution < 1.29 is 9.90 Å². The monoisotopic (exact) mass is 250 g/mol. The average molecular weight is 250 g/mol. The van der Waals surface area contributed by atoms with E-state index in [0.717, 1.165) is 5.56 Å². The zero-order valence-corrected chi connectivity index (χ0v) is 11.5. The fourth-order valence-electron chi connectivity index (χ4n) is 1.89. The fraction of sp³-hybridized carbons (Fsp3) is 0.500. The molecule has 0 heterocycles. The van der Waals surface area contributed by atoms with Crippen LogP contribution in [-0.2, 0) is 0 Å². The molecule has 0 bridgehead atoms. The molecule has 18 heavy (non-hydrogen) atoms. The van der Waals surface area contributed by atoms with Gasteiger partial charge in [0.15, 0.2) is 0 Å². The van der Waals surface area contributed by atoms with Crippen molar-refractivity contribution in [3.05, 3.63) is 34.9 Å². The highest BCUT2D eigenvalue weighted by atomic mass is 16.3. The molecule has 2 amide bonds. The fourth-order valence-corrected chi connectivity index (χ4v) is 1.89. The lowest BCUT2D eigenvalue weighted by atomic mass is 10.0. The van der Waals surface area contributed by atoms with E-state index in [2.05, 4.69) is 23.5 Å². The first-order valence-electron chi connectivity index (χ1n) is 6.14. The van der Waals surface area contributed by atoms with Gasteiger partial charge in [0.25, 0.3) is 0 Å². The molecule has 0 aliphatic heterocycles. The number of amides is 2. The Morgan fingerprint density at radius 2 is 1.89 bits per heavy atom. The zero-order chi connectivity index (χ0) is 13.7. The highest BCUT2D eigenvalue weighted by molar-refractivity contribution is 5.74. The van der Waals surface area contributed by atoms with Gasteiger partial charge >= 0.3 is 6.03 Å². The Hall–Kier alpha value is -1.55. The maximum atomic E-state index is 11.8. The predicted octanol–water partition coefficient (Wildman–Crippen LogP) is 2.00. The predicted molar refractivity (Wildman–Crippen MR) is 72.6 cm³/mol. The SMILES string of the molecule is Cc1cc(C)cc(C(C)NC(=O)N(C)CCO)c1. The summed E-state index contributed by atoms with van der Waals surface area (Å²) in [7, 11) is 1.67. The Bertz CT molecular complexity index is 398. The normalized spacial score (nSPS) is 12.1. The lowest BCUT2D eigenvalue weighted by molar-refractivity contribution is 0.188. The van der Waals surface area contributed by atoms with Gasteiger partial charge in [-0.1, -0.05) is 29.3 Å². The third kappa shape index (κ3) is 4.04. The molecular formula is C14H22N2O2. The lowest BCUT2D eigenvalue weighted by Gasteiger charge is -2.21. The van der Waals surface area contributed by atoms with Crippen molar-refractivity contribution in [2.45, 2.75) is 26.8 Å². The Balaban J connectivity index is 2.70. The third-order valence-electron chi connectivity index (χ3n) is 2.87. The van der Waals surface area contributed by atoms with Crippen LogP contribution in [0.3, 0.4) is 0 Å². The molecule has 0 saturated heterocycles. The van der Waals surface area contributed by atoms with Crippen LogP contribution in [0.4, 0.5) is 4.79 Å². The number of nitrogens with one attached hydrogen (secondary N) is 1. The van der Waals surface area contributed by atoms with Crippen molar-refractivity contribution in [3.63, 3.8) is 0 Å². The smallest absolute Gasteiger partial charge is 0.317 e. The second kappa shape index (κ2) is 6.40. The summed E-state index contributed by atoms with van der Waals surface area (Å²) in [6, 6.07) is 6.04. The minimum absolute atomic E-state index is 0.0259. The second-order valence-electron chi connectivity index (χ2n) is 4.74. The van der Waals surface area contributed by atoms with E-state index in [1.54, 1.807) is 7.05 Å². The van der Waals surface area contributed by atoms with Crippen LogP contribution in [0, 0.1) is 13.8 Å². The highest BCUT2D eigenvalue weighted by Crippen LogP contribution is 2.16. The van der Waals surface area contributed by atoms with E-state index in [9.17, 15) is 4.79 Å². The molecule has 0 fully saturated rings. The average Bonchev–Trinajstić information content (AvgIpc) is 2.27. The Kier molecular flexibility index (Phi) is 5.16. The van der Waals surface area contributed by atoms with Gasteiger partial charge in [0, 0.05) is 13.6 Å². The number of urea groups is 1. The summed E-state index contributed by atoms with van der Waals surface area (Å²) in [5.74, 6) is 0. The van der Waals surface area contributed by atoms with Gasteiger partial charge < -0.3 is 15.3 Å². The number of hydrogen-bond donors (Lipinski definition) is 2. The third-order valence-corrected chi connectivity index (χ3v) is 2.87. The van der Waals surface area contributed by atoms with Crippen molar-refractivity contribution in [1.82, 2.24) is 10.2 Å². The van der Waals surface area contributed by atoms with Crippen LogP contribution in [-0.4, -0.2) is 36.2 Å². The second-order valence-corrected chi connectivity index (χ2v) is 4.74. The molecule has 1 unspecified atom stereocenters. The molecule has 0 spiro atoms. The van der Waals surface area contributed by atoms with Crippen molar-refractivity contribution in [2.75, 3.05) is 20.2 Å². The molecule has 1 atom stereocenters. The van der Waals surface area contributed by atoms with E-state index in [1.807, 2.05) is 20.8 Å². The number of likely N-dealkylation sites (N-methyl/N-ethyl adjacent to an activating group) is 1. The van der Waals surface area contributed by atoms with Crippen LogP contribution >= 0.6 is 0 Å². The Morgan fingerprint density at radius 1 is 1.33 bits per heavy atom. The van der Waals surface area contributed by atoms with Crippen molar-refractivity contribution in [3.8, 4) is 0 Å². The van der Waals surface area contributed by atoms with Gasteiger partial charge in [0.2, 0.25) is 0 Å². The number of aliphatic hydroxyl groups is 1. The molecule has 2 N–H and O–H groups in total. The van der Waals surface area contributed by atoms with E-state index < -0.39 is 0 Å². The molecule has 0 radical (unpaired) electrons. The first-order chi connectivity index (χ1) is 8.43. The number of hydrogen-bond acceptors (Lipinski definition) is 2. The van der Waals surface area contributed by atoms with Gasteiger partial charge in [-0.05, 0) is 26.3 Å². The summed E-state index contributed by atoms with van der Waals surface area (Å²) in [6.45, 7) is 6.36. The Labute approximate surface area is 109 Å². The van der Waals surface area contributed by atoms with E-state index in [1.165, 1.54) is 16.0 Å². The summed E-state index contributed by atoms with van der Waals surface area (Å²) in [4.78, 5) is 13.3. The quantitative estimate of drug-likeness (QED) is 0.858.